The fourth-order valence-electron chi connectivity index (χ4n) is 1.10. The van der Waals surface area contributed by atoms with E-state index in [9.17, 15) is 14.9 Å². The van der Waals surface area contributed by atoms with Crippen molar-refractivity contribution in [1.29, 1.82) is 0 Å². The van der Waals surface area contributed by atoms with Crippen LogP contribution in [0.1, 0.15) is 6.92 Å². The van der Waals surface area contributed by atoms with Crippen molar-refractivity contribution in [3.05, 3.63) is 34.4 Å². The van der Waals surface area contributed by atoms with Crippen LogP contribution in [0, 0.1) is 10.1 Å². The molecule has 0 bridgehead atoms. The number of nitro benzene ring substituents is 1. The third kappa shape index (κ3) is 4.07. The first-order valence-electron chi connectivity index (χ1n) is 5.15. The zero-order valence-electron chi connectivity index (χ0n) is 9.75. The number of nitrogens with zero attached hydrogens (tertiary/aromatic N) is 2. The summed E-state index contributed by atoms with van der Waals surface area (Å²) in [6.45, 7) is 2.59. The Labute approximate surface area is 104 Å². The molecule has 0 aliphatic rings. The van der Waals surface area contributed by atoms with E-state index in [0.29, 0.717) is 12.3 Å². The minimum Gasteiger partial charge on any atom is -0.345 e. The van der Waals surface area contributed by atoms with Crippen LogP contribution in [-0.2, 0) is 4.79 Å². The van der Waals surface area contributed by atoms with Crippen LogP contribution in [0.25, 0.3) is 0 Å². The zero-order chi connectivity index (χ0) is 12.8. The molecule has 1 amide bonds. The smallest absolute Gasteiger partial charge is 0.269 e. The lowest BCUT2D eigenvalue weighted by Crippen LogP contribution is -2.27. The summed E-state index contributed by atoms with van der Waals surface area (Å²) in [7, 11) is 1.75. The highest BCUT2D eigenvalue weighted by Crippen LogP contribution is 2.21. The van der Waals surface area contributed by atoms with Crippen LogP contribution in [0.3, 0.4) is 0 Å². The first kappa shape index (κ1) is 13.5. The third-order valence-electron chi connectivity index (χ3n) is 2.31. The normalized spacial score (nSPS) is 10.0. The van der Waals surface area contributed by atoms with Gasteiger partial charge in [-0.2, -0.15) is 0 Å². The van der Waals surface area contributed by atoms with Crippen molar-refractivity contribution in [2.75, 3.05) is 19.3 Å². The maximum atomic E-state index is 11.5. The van der Waals surface area contributed by atoms with E-state index in [1.54, 1.807) is 24.1 Å². The summed E-state index contributed by atoms with van der Waals surface area (Å²) in [6, 6.07) is 6.19. The van der Waals surface area contributed by atoms with E-state index in [0.717, 1.165) is 4.90 Å². The van der Waals surface area contributed by atoms with Gasteiger partial charge in [0, 0.05) is 30.6 Å². The van der Waals surface area contributed by atoms with E-state index in [-0.39, 0.29) is 11.6 Å². The molecule has 0 fully saturated rings. The number of thioether (sulfide) groups is 1. The van der Waals surface area contributed by atoms with Crippen LogP contribution in [0.2, 0.25) is 0 Å². The predicted molar refractivity (Wildman–Crippen MR) is 67.1 cm³/mol. The number of carbonyl (C=O) groups excluding carboxylic acids is 1. The number of rotatable bonds is 5. The van der Waals surface area contributed by atoms with E-state index < -0.39 is 4.92 Å². The second kappa shape index (κ2) is 6.24. The average molecular weight is 254 g/mol. The van der Waals surface area contributed by atoms with Gasteiger partial charge < -0.3 is 4.90 Å². The molecule has 0 aromatic heterocycles. The molecule has 0 N–H and O–H groups in total. The van der Waals surface area contributed by atoms with Gasteiger partial charge in [-0.05, 0) is 19.1 Å². The Morgan fingerprint density at radius 3 is 2.47 bits per heavy atom. The summed E-state index contributed by atoms with van der Waals surface area (Å²) in [6.07, 6.45) is 0. The van der Waals surface area contributed by atoms with Crippen LogP contribution in [0.4, 0.5) is 5.69 Å². The van der Waals surface area contributed by atoms with E-state index in [2.05, 4.69) is 0 Å². The van der Waals surface area contributed by atoms with Crippen LogP contribution in [0.15, 0.2) is 29.2 Å². The Balaban J connectivity index is 2.53. The fourth-order valence-corrected chi connectivity index (χ4v) is 1.93. The molecule has 92 valence electrons. The molecule has 0 unspecified atom stereocenters. The monoisotopic (exact) mass is 254 g/mol. The van der Waals surface area contributed by atoms with Crippen LogP contribution in [-0.4, -0.2) is 35.1 Å². The number of hydrogen-bond donors (Lipinski definition) is 0. The maximum absolute atomic E-state index is 11.5. The molecule has 1 aromatic rings. The Hall–Kier alpha value is -1.56. The molecule has 1 aromatic carbocycles. The van der Waals surface area contributed by atoms with Crippen molar-refractivity contribution in [2.24, 2.45) is 0 Å². The van der Waals surface area contributed by atoms with Crippen molar-refractivity contribution < 1.29 is 9.72 Å². The summed E-state index contributed by atoms with van der Waals surface area (Å²) in [4.78, 5) is 24.0. The average Bonchev–Trinajstić information content (AvgIpc) is 2.35. The second-order valence-corrected chi connectivity index (χ2v) is 4.50. The molecule has 0 saturated carbocycles. The molecule has 0 saturated heterocycles. The second-order valence-electron chi connectivity index (χ2n) is 3.45. The van der Waals surface area contributed by atoms with Gasteiger partial charge in [0.15, 0.2) is 0 Å². The SMILES string of the molecule is CCN(C)C(=O)CSc1ccc([N+](=O)[O-])cc1. The van der Waals surface area contributed by atoms with Gasteiger partial charge in [0.25, 0.3) is 5.69 Å². The van der Waals surface area contributed by atoms with E-state index >= 15 is 0 Å². The van der Waals surface area contributed by atoms with Gasteiger partial charge in [0.2, 0.25) is 5.91 Å². The van der Waals surface area contributed by atoms with Crippen molar-refractivity contribution in [3.63, 3.8) is 0 Å². The van der Waals surface area contributed by atoms with Crippen molar-refractivity contribution in [2.45, 2.75) is 11.8 Å². The highest BCUT2D eigenvalue weighted by Gasteiger charge is 2.08. The van der Waals surface area contributed by atoms with Gasteiger partial charge in [-0.3, -0.25) is 14.9 Å². The van der Waals surface area contributed by atoms with E-state index in [4.69, 9.17) is 0 Å². The Morgan fingerprint density at radius 2 is 2.00 bits per heavy atom. The number of non-ortho nitro benzene ring substituents is 1. The Kier molecular flexibility index (Phi) is 4.96. The summed E-state index contributed by atoms with van der Waals surface area (Å²) in [5.74, 6) is 0.401. The van der Waals surface area contributed by atoms with Gasteiger partial charge in [0.1, 0.15) is 0 Å². The van der Waals surface area contributed by atoms with Gasteiger partial charge in [0.05, 0.1) is 10.7 Å². The van der Waals surface area contributed by atoms with Gasteiger partial charge in [-0.15, -0.1) is 11.8 Å². The minimum atomic E-state index is -0.440. The molecular weight excluding hydrogens is 240 g/mol. The summed E-state index contributed by atoms with van der Waals surface area (Å²) < 4.78 is 0. The highest BCUT2D eigenvalue weighted by atomic mass is 32.2. The lowest BCUT2D eigenvalue weighted by atomic mass is 10.3. The largest absolute Gasteiger partial charge is 0.345 e. The highest BCUT2D eigenvalue weighted by molar-refractivity contribution is 8.00. The maximum Gasteiger partial charge on any atom is 0.269 e. The van der Waals surface area contributed by atoms with E-state index in [1.165, 1.54) is 23.9 Å². The zero-order valence-corrected chi connectivity index (χ0v) is 10.6. The number of nitro groups is 1. The van der Waals surface area contributed by atoms with E-state index in [1.807, 2.05) is 6.92 Å². The Bertz CT molecular complexity index is 406. The number of benzene rings is 1. The topological polar surface area (TPSA) is 63.5 Å². The number of hydrogen-bond acceptors (Lipinski definition) is 4. The molecule has 17 heavy (non-hydrogen) atoms. The predicted octanol–water partition coefficient (Wildman–Crippen LogP) is 2.17. The lowest BCUT2D eigenvalue weighted by molar-refractivity contribution is -0.384. The minimum absolute atomic E-state index is 0.0517. The molecular formula is C11H14N2O3S. The quantitative estimate of drug-likeness (QED) is 0.459. The molecule has 6 heteroatoms. The summed E-state index contributed by atoms with van der Waals surface area (Å²) in [5, 5.41) is 10.4. The summed E-state index contributed by atoms with van der Waals surface area (Å²) >= 11 is 1.38. The summed E-state index contributed by atoms with van der Waals surface area (Å²) in [5.41, 5.74) is 0.0614. The molecule has 0 radical (unpaired) electrons. The van der Waals surface area contributed by atoms with Crippen LogP contribution in [0.5, 0.6) is 0 Å². The number of carbonyl (C=O) groups is 1. The van der Waals surface area contributed by atoms with Gasteiger partial charge >= 0.3 is 0 Å². The molecule has 1 rings (SSSR count). The molecule has 0 aliphatic heterocycles. The fraction of sp³-hybridized carbons (Fsp3) is 0.364. The molecule has 0 spiro atoms. The van der Waals surface area contributed by atoms with Crippen LogP contribution >= 0.6 is 11.8 Å². The molecule has 0 heterocycles. The molecule has 5 nitrogen and oxygen atoms in total. The first-order valence-corrected chi connectivity index (χ1v) is 6.14. The molecule has 0 aliphatic carbocycles. The van der Waals surface area contributed by atoms with Gasteiger partial charge in [-0.1, -0.05) is 0 Å². The first-order chi connectivity index (χ1) is 8.04. The van der Waals surface area contributed by atoms with Crippen molar-refractivity contribution in [1.82, 2.24) is 4.90 Å². The van der Waals surface area contributed by atoms with Crippen molar-refractivity contribution >= 4 is 23.4 Å². The van der Waals surface area contributed by atoms with Gasteiger partial charge in [-0.25, -0.2) is 0 Å². The Morgan fingerprint density at radius 1 is 1.41 bits per heavy atom. The van der Waals surface area contributed by atoms with Crippen LogP contribution < -0.4 is 0 Å². The lowest BCUT2D eigenvalue weighted by Gasteiger charge is -2.13. The third-order valence-corrected chi connectivity index (χ3v) is 3.31. The standard InChI is InChI=1S/C11H14N2O3S/c1-3-12(2)11(14)8-17-10-6-4-9(5-7-10)13(15)16/h4-7H,3,8H2,1-2H3. The van der Waals surface area contributed by atoms with Crippen molar-refractivity contribution in [3.8, 4) is 0 Å². The number of amides is 1. The molecule has 0 atom stereocenters.